The first-order valence-electron chi connectivity index (χ1n) is 14.3. The average molecular weight is 574 g/mol. The second-order valence-electron chi connectivity index (χ2n) is 11.3. The van der Waals surface area contributed by atoms with Crippen molar-refractivity contribution in [1.82, 2.24) is 23.6 Å². The zero-order chi connectivity index (χ0) is 28.4. The average Bonchev–Trinajstić information content (AvgIpc) is 3.42. The number of carbonyl (C=O) groups excluding carboxylic acids is 1. The number of aryl methyl sites for hydroxylation is 2. The van der Waals surface area contributed by atoms with Crippen molar-refractivity contribution in [2.24, 2.45) is 0 Å². The topological polar surface area (TPSA) is 87.6 Å². The minimum atomic E-state index is -3.83. The van der Waals surface area contributed by atoms with Crippen molar-refractivity contribution in [3.05, 3.63) is 47.3 Å². The van der Waals surface area contributed by atoms with Crippen LogP contribution < -0.4 is 4.74 Å². The highest BCUT2D eigenvalue weighted by Crippen LogP contribution is 2.35. The normalized spacial score (nSPS) is 21.9. The number of piperidine rings is 1. The van der Waals surface area contributed by atoms with E-state index in [0.717, 1.165) is 31.9 Å². The summed E-state index contributed by atoms with van der Waals surface area (Å²) in [5, 5.41) is 0. The summed E-state index contributed by atoms with van der Waals surface area (Å²) in [6, 6.07) is 7.46. The molecule has 10 nitrogen and oxygen atoms in total. The van der Waals surface area contributed by atoms with Gasteiger partial charge in [-0.25, -0.2) is 8.42 Å². The molecule has 1 amide bonds. The Bertz CT molecular complexity index is 1270. The molecule has 40 heavy (non-hydrogen) atoms. The molecular weight excluding hydrogens is 530 g/mol. The fourth-order valence-corrected chi connectivity index (χ4v) is 8.49. The van der Waals surface area contributed by atoms with E-state index in [2.05, 4.69) is 21.4 Å². The number of hydrogen-bond acceptors (Lipinski definition) is 7. The Morgan fingerprint density at radius 2 is 1.65 bits per heavy atom. The van der Waals surface area contributed by atoms with E-state index in [1.54, 1.807) is 33.1 Å². The van der Waals surface area contributed by atoms with Crippen LogP contribution in [0.3, 0.4) is 0 Å². The van der Waals surface area contributed by atoms with Gasteiger partial charge in [0.15, 0.2) is 0 Å². The van der Waals surface area contributed by atoms with Crippen molar-refractivity contribution in [2.45, 2.75) is 50.2 Å². The van der Waals surface area contributed by atoms with Gasteiger partial charge in [0.05, 0.1) is 24.7 Å². The number of ether oxygens (including phenoxy) is 2. The Hall–Kier alpha value is -2.44. The Labute approximate surface area is 238 Å². The number of hydrogen-bond donors (Lipinski definition) is 0. The van der Waals surface area contributed by atoms with Gasteiger partial charge in [0.1, 0.15) is 12.4 Å². The molecule has 11 heteroatoms. The van der Waals surface area contributed by atoms with Crippen molar-refractivity contribution >= 4 is 15.9 Å². The number of piperazine rings is 1. The molecule has 220 valence electrons. The van der Waals surface area contributed by atoms with Gasteiger partial charge in [-0.1, -0.05) is 0 Å². The van der Waals surface area contributed by atoms with Crippen LogP contribution in [0.25, 0.3) is 0 Å². The summed E-state index contributed by atoms with van der Waals surface area (Å²) in [5.41, 5.74) is 2.16. The summed E-state index contributed by atoms with van der Waals surface area (Å²) in [7, 11) is -0.0805. The summed E-state index contributed by atoms with van der Waals surface area (Å²) >= 11 is 0. The number of benzene rings is 1. The van der Waals surface area contributed by atoms with Crippen LogP contribution in [-0.2, 0) is 26.1 Å². The second-order valence-corrected chi connectivity index (χ2v) is 13.1. The second kappa shape index (κ2) is 12.2. The molecule has 0 spiro atoms. The van der Waals surface area contributed by atoms with E-state index in [1.165, 1.54) is 17.1 Å². The van der Waals surface area contributed by atoms with Crippen molar-refractivity contribution < 1.29 is 22.7 Å². The van der Waals surface area contributed by atoms with Gasteiger partial charge < -0.3 is 23.8 Å². The lowest BCUT2D eigenvalue weighted by molar-refractivity contribution is -0.138. The lowest BCUT2D eigenvalue weighted by Crippen LogP contribution is -2.54. The van der Waals surface area contributed by atoms with E-state index < -0.39 is 16.1 Å². The van der Waals surface area contributed by atoms with Gasteiger partial charge in [0.25, 0.3) is 0 Å². The van der Waals surface area contributed by atoms with E-state index >= 15 is 0 Å². The maximum Gasteiger partial charge on any atom is 0.248 e. The van der Waals surface area contributed by atoms with Crippen molar-refractivity contribution in [3.8, 4) is 5.75 Å². The highest BCUT2D eigenvalue weighted by Gasteiger charge is 2.38. The van der Waals surface area contributed by atoms with Gasteiger partial charge in [-0.05, 0) is 82.2 Å². The van der Waals surface area contributed by atoms with Gasteiger partial charge in [-0.3, -0.25) is 9.69 Å². The summed E-state index contributed by atoms with van der Waals surface area (Å²) in [5.74, 6) is 0.595. The van der Waals surface area contributed by atoms with Gasteiger partial charge in [-0.2, -0.15) is 4.31 Å². The summed E-state index contributed by atoms with van der Waals surface area (Å²) < 4.78 is 43.0. The molecule has 2 saturated heterocycles. The SMILES string of the molecule is COc1cc(C)c(S(=O)(=O)N2CCn3cccc3C2COCC(=O)N2CCN(C3CCN(C)CC3)CC2)c(C)c1. The van der Waals surface area contributed by atoms with Crippen LogP contribution in [-0.4, -0.2) is 117 Å². The number of amides is 1. The quantitative estimate of drug-likeness (QED) is 0.478. The molecule has 5 rings (SSSR count). The number of likely N-dealkylation sites (tertiary alicyclic amines) is 1. The minimum absolute atomic E-state index is 0.0366. The molecule has 2 fully saturated rings. The third-order valence-electron chi connectivity index (χ3n) is 8.72. The fourth-order valence-electron chi connectivity index (χ4n) is 6.50. The Balaban J connectivity index is 1.23. The largest absolute Gasteiger partial charge is 0.497 e. The first-order chi connectivity index (χ1) is 19.2. The summed E-state index contributed by atoms with van der Waals surface area (Å²) in [6.07, 6.45) is 4.34. The van der Waals surface area contributed by atoms with Crippen LogP contribution in [0.15, 0.2) is 35.4 Å². The molecule has 3 aliphatic heterocycles. The van der Waals surface area contributed by atoms with Crippen LogP contribution >= 0.6 is 0 Å². The van der Waals surface area contributed by atoms with Crippen LogP contribution in [0.5, 0.6) is 5.75 Å². The number of carbonyl (C=O) groups is 1. The standard InChI is InChI=1S/C29H43N5O5S/c1-22-18-25(38-4)19-23(2)29(22)40(36,37)34-17-16-32-9-5-6-26(32)27(34)20-39-21-28(35)33-14-12-31(13-15-33)24-7-10-30(3)11-8-24/h5-6,9,18-19,24,27H,7-8,10-17,20-21H2,1-4H3. The molecule has 0 bridgehead atoms. The van der Waals surface area contributed by atoms with E-state index in [0.29, 0.717) is 54.0 Å². The third-order valence-corrected chi connectivity index (χ3v) is 10.9. The number of rotatable bonds is 8. The van der Waals surface area contributed by atoms with Crippen LogP contribution in [0.1, 0.15) is 35.7 Å². The molecule has 1 atom stereocenters. The molecule has 1 unspecified atom stereocenters. The molecule has 3 aliphatic rings. The first-order valence-corrected chi connectivity index (χ1v) is 15.7. The molecule has 2 aromatic rings. The Morgan fingerprint density at radius 3 is 2.30 bits per heavy atom. The molecule has 0 saturated carbocycles. The van der Waals surface area contributed by atoms with Crippen LogP contribution in [0.4, 0.5) is 0 Å². The Morgan fingerprint density at radius 1 is 0.975 bits per heavy atom. The number of fused-ring (bicyclic) bond motifs is 1. The predicted octanol–water partition coefficient (Wildman–Crippen LogP) is 2.11. The zero-order valence-corrected chi connectivity index (χ0v) is 25.0. The number of methoxy groups -OCH3 is 1. The predicted molar refractivity (Wildman–Crippen MR) is 153 cm³/mol. The summed E-state index contributed by atoms with van der Waals surface area (Å²) in [4.78, 5) is 20.1. The van der Waals surface area contributed by atoms with Gasteiger partial charge in [-0.15, -0.1) is 0 Å². The molecule has 0 N–H and O–H groups in total. The third kappa shape index (κ3) is 5.94. The van der Waals surface area contributed by atoms with E-state index in [4.69, 9.17) is 9.47 Å². The van der Waals surface area contributed by atoms with E-state index in [-0.39, 0.29) is 19.1 Å². The van der Waals surface area contributed by atoms with Crippen molar-refractivity contribution in [3.63, 3.8) is 0 Å². The van der Waals surface area contributed by atoms with Crippen LogP contribution in [0, 0.1) is 13.8 Å². The minimum Gasteiger partial charge on any atom is -0.497 e. The molecule has 4 heterocycles. The molecular formula is C29H43N5O5S. The molecule has 0 aliphatic carbocycles. The van der Waals surface area contributed by atoms with Gasteiger partial charge in [0.2, 0.25) is 15.9 Å². The molecule has 0 radical (unpaired) electrons. The van der Waals surface area contributed by atoms with Crippen LogP contribution in [0.2, 0.25) is 0 Å². The first kappa shape index (κ1) is 29.1. The lowest BCUT2D eigenvalue weighted by Gasteiger charge is -2.42. The maximum absolute atomic E-state index is 14.0. The fraction of sp³-hybridized carbons (Fsp3) is 0.621. The number of sulfonamides is 1. The molecule has 1 aromatic heterocycles. The maximum atomic E-state index is 14.0. The lowest BCUT2D eigenvalue weighted by atomic mass is 10.0. The smallest absolute Gasteiger partial charge is 0.248 e. The van der Waals surface area contributed by atoms with E-state index in [9.17, 15) is 13.2 Å². The monoisotopic (exact) mass is 573 g/mol. The van der Waals surface area contributed by atoms with E-state index in [1.807, 2.05) is 23.2 Å². The highest BCUT2D eigenvalue weighted by molar-refractivity contribution is 7.89. The number of nitrogens with zero attached hydrogens (tertiary/aromatic N) is 5. The number of aromatic nitrogens is 1. The zero-order valence-electron chi connectivity index (χ0n) is 24.2. The summed E-state index contributed by atoms with van der Waals surface area (Å²) in [6.45, 7) is 10.00. The highest BCUT2D eigenvalue weighted by atomic mass is 32.2. The van der Waals surface area contributed by atoms with Crippen molar-refractivity contribution in [1.29, 1.82) is 0 Å². The van der Waals surface area contributed by atoms with Gasteiger partial charge >= 0.3 is 0 Å². The van der Waals surface area contributed by atoms with Crippen molar-refractivity contribution in [2.75, 3.05) is 73.2 Å². The van der Waals surface area contributed by atoms with Gasteiger partial charge in [0, 0.05) is 57.2 Å². The molecule has 1 aromatic carbocycles. The Kier molecular flexibility index (Phi) is 8.86.